The van der Waals surface area contributed by atoms with Crippen LogP contribution in [0.15, 0.2) is 72.8 Å². The molecule has 4 fully saturated rings. The molecule has 4 aliphatic rings. The van der Waals surface area contributed by atoms with Crippen LogP contribution in [0.4, 0.5) is 11.4 Å². The van der Waals surface area contributed by atoms with Crippen LogP contribution in [0, 0.1) is 0 Å². The maximum Gasteiger partial charge on any atom is 0.251 e. The Morgan fingerprint density at radius 3 is 1.91 bits per heavy atom. The zero-order valence-electron chi connectivity index (χ0n) is 45.8. The van der Waals surface area contributed by atoms with E-state index in [0.717, 1.165) is 49.7 Å². The van der Waals surface area contributed by atoms with E-state index in [0.29, 0.717) is 30.4 Å². The second kappa shape index (κ2) is 28.7. The van der Waals surface area contributed by atoms with Crippen molar-refractivity contribution >= 4 is 59.0 Å². The molecule has 0 saturated carbocycles. The summed E-state index contributed by atoms with van der Waals surface area (Å²) in [5.74, 6) is -4.23. The molecule has 21 nitrogen and oxygen atoms in total. The molecule has 0 bridgehead atoms. The zero-order valence-corrected chi connectivity index (χ0v) is 45.8. The summed E-state index contributed by atoms with van der Waals surface area (Å²) in [5, 5.41) is 35.6. The van der Waals surface area contributed by atoms with Crippen molar-refractivity contribution in [2.75, 3.05) is 62.2 Å². The quantitative estimate of drug-likeness (QED) is 0.0709. The zero-order chi connectivity index (χ0) is 56.6. The molecular formula is C58H80N10O11. The average Bonchev–Trinajstić information content (AvgIpc) is 4.14. The Kier molecular flexibility index (Phi) is 21.6. The lowest BCUT2D eigenvalue weighted by molar-refractivity contribution is -0.145. The summed E-state index contributed by atoms with van der Waals surface area (Å²) < 4.78 is 5.99. The predicted molar refractivity (Wildman–Crippen MR) is 297 cm³/mol. The van der Waals surface area contributed by atoms with Crippen molar-refractivity contribution in [2.24, 2.45) is 5.73 Å². The first kappa shape index (κ1) is 59.6. The Balaban J connectivity index is 1.05. The molecule has 4 saturated heterocycles. The van der Waals surface area contributed by atoms with Crippen LogP contribution in [-0.4, -0.2) is 175 Å². The minimum absolute atomic E-state index is 0.0126. The van der Waals surface area contributed by atoms with Gasteiger partial charge in [0.15, 0.2) is 0 Å². The molecular weight excluding hydrogens is 1010 g/mol. The third-order valence-corrected chi connectivity index (χ3v) is 15.4. The van der Waals surface area contributed by atoms with Gasteiger partial charge in [-0.2, -0.15) is 0 Å². The van der Waals surface area contributed by atoms with E-state index in [9.17, 15) is 48.6 Å². The van der Waals surface area contributed by atoms with Crippen LogP contribution in [0.5, 0.6) is 5.75 Å². The number of unbranched alkanes of at least 4 members (excludes halogenated alkanes) is 5. The summed E-state index contributed by atoms with van der Waals surface area (Å²) in [5.41, 5.74) is 9.50. The number of carbonyl (C=O) groups excluding carboxylic acids is 8. The first-order valence-corrected chi connectivity index (χ1v) is 28.1. The van der Waals surface area contributed by atoms with Gasteiger partial charge in [0.2, 0.25) is 35.4 Å². The molecule has 0 aromatic heterocycles. The molecule has 4 heterocycles. The lowest BCUT2D eigenvalue weighted by Crippen LogP contribution is -2.62. The Hall–Kier alpha value is -7.10. The van der Waals surface area contributed by atoms with Gasteiger partial charge in [-0.05, 0) is 106 Å². The van der Waals surface area contributed by atoms with Crippen molar-refractivity contribution in [3.63, 3.8) is 0 Å². The number of anilines is 2. The van der Waals surface area contributed by atoms with Crippen LogP contribution >= 0.6 is 0 Å². The van der Waals surface area contributed by atoms with E-state index in [1.54, 1.807) is 24.3 Å². The van der Waals surface area contributed by atoms with Gasteiger partial charge in [0.05, 0.1) is 18.8 Å². The Morgan fingerprint density at radius 1 is 0.696 bits per heavy atom. The summed E-state index contributed by atoms with van der Waals surface area (Å²) in [6, 6.07) is 12.9. The van der Waals surface area contributed by atoms with E-state index in [4.69, 9.17) is 10.5 Å². The summed E-state index contributed by atoms with van der Waals surface area (Å²) in [6.45, 7) is 8.61. The Bertz CT molecular complexity index is 2560. The van der Waals surface area contributed by atoms with E-state index >= 15 is 0 Å². The number of nitrogens with one attached hydrogen (secondary N) is 5. The number of aliphatic hydroxyl groups excluding tert-OH is 2. The number of nitrogens with zero attached hydrogens (tertiary/aromatic N) is 4. The van der Waals surface area contributed by atoms with Gasteiger partial charge in [0.1, 0.15) is 48.3 Å². The topological polar surface area (TPSA) is 285 Å². The molecule has 3 aromatic carbocycles. The summed E-state index contributed by atoms with van der Waals surface area (Å²) in [4.78, 5) is 118. The molecule has 21 heteroatoms. The first-order valence-electron chi connectivity index (χ1n) is 28.1. The molecule has 7 amide bonds. The van der Waals surface area contributed by atoms with Crippen molar-refractivity contribution in [1.29, 1.82) is 0 Å². The maximum atomic E-state index is 14.4. The van der Waals surface area contributed by atoms with Gasteiger partial charge in [0.25, 0.3) is 5.91 Å². The molecule has 7 rings (SSSR count). The number of ether oxygens (including phenoxy) is 1. The number of fused-ring (bicyclic) bond motifs is 2. The molecule has 0 aliphatic carbocycles. The van der Waals surface area contributed by atoms with E-state index in [2.05, 4.69) is 55.4 Å². The molecule has 4 aliphatic heterocycles. The van der Waals surface area contributed by atoms with Gasteiger partial charge in [-0.25, -0.2) is 0 Å². The number of piperazine rings is 1. The van der Waals surface area contributed by atoms with Crippen LogP contribution in [0.25, 0.3) is 0 Å². The largest absolute Gasteiger partial charge is 0.494 e. The van der Waals surface area contributed by atoms with Gasteiger partial charge < -0.3 is 66.9 Å². The second-order valence-electron chi connectivity index (χ2n) is 21.4. The molecule has 0 spiro atoms. The van der Waals surface area contributed by atoms with Crippen LogP contribution in [0.2, 0.25) is 0 Å². The summed E-state index contributed by atoms with van der Waals surface area (Å²) >= 11 is 0. The SMILES string of the molecule is CCCCCCCCOc1ccc(N2CCN(c3ccc(C(=O)N[C@H]4CCCNC(=O)C5C[C@H](N)CN5C(=O)C(C(C)O)NC(=O)C(Cc5ccc(C=O)cc5)NC(=O)C5CCCN5C(=O)C(C(C)O)NC4=O)cc3)CC2)cc1. The van der Waals surface area contributed by atoms with Crippen molar-refractivity contribution in [2.45, 2.75) is 152 Å². The Labute approximate surface area is 462 Å². The van der Waals surface area contributed by atoms with Crippen LogP contribution in [0.1, 0.15) is 118 Å². The highest BCUT2D eigenvalue weighted by molar-refractivity contribution is 6.00. The first-order chi connectivity index (χ1) is 38.0. The average molecular weight is 1090 g/mol. The normalized spacial score (nSPS) is 24.7. The van der Waals surface area contributed by atoms with Gasteiger partial charge in [0, 0.05) is 80.8 Å². The molecule has 0 radical (unpaired) electrons. The lowest BCUT2D eigenvalue weighted by atomic mass is 10.0. The molecule has 7 unspecified atom stereocenters. The van der Waals surface area contributed by atoms with Crippen LogP contribution in [0.3, 0.4) is 0 Å². The van der Waals surface area contributed by atoms with Gasteiger partial charge in [-0.1, -0.05) is 63.3 Å². The third kappa shape index (κ3) is 16.0. The van der Waals surface area contributed by atoms with E-state index in [1.165, 1.54) is 67.9 Å². The van der Waals surface area contributed by atoms with E-state index in [-0.39, 0.29) is 57.3 Å². The van der Waals surface area contributed by atoms with Crippen LogP contribution in [-0.2, 0) is 35.2 Å². The van der Waals surface area contributed by atoms with Crippen molar-refractivity contribution in [3.05, 3.63) is 89.5 Å². The third-order valence-electron chi connectivity index (χ3n) is 15.4. The van der Waals surface area contributed by atoms with Gasteiger partial charge in [-0.15, -0.1) is 0 Å². The van der Waals surface area contributed by atoms with E-state index in [1.807, 2.05) is 24.3 Å². The Morgan fingerprint density at radius 2 is 1.29 bits per heavy atom. The fourth-order valence-corrected chi connectivity index (χ4v) is 10.8. The minimum Gasteiger partial charge on any atom is -0.494 e. The lowest BCUT2D eigenvalue weighted by Gasteiger charge is -2.37. The highest BCUT2D eigenvalue weighted by Gasteiger charge is 2.44. The number of rotatable bonds is 17. The van der Waals surface area contributed by atoms with E-state index < -0.39 is 95.9 Å². The molecule has 9 N–H and O–H groups in total. The maximum absolute atomic E-state index is 14.4. The van der Waals surface area contributed by atoms with Crippen LogP contribution < -0.4 is 46.9 Å². The van der Waals surface area contributed by atoms with Gasteiger partial charge in [-0.3, -0.25) is 38.4 Å². The number of benzene rings is 3. The van der Waals surface area contributed by atoms with Crippen molar-refractivity contribution in [1.82, 2.24) is 36.4 Å². The molecule has 79 heavy (non-hydrogen) atoms. The van der Waals surface area contributed by atoms with Crippen molar-refractivity contribution < 1.29 is 53.3 Å². The number of hydrogen-bond donors (Lipinski definition) is 8. The number of aldehydes is 1. The van der Waals surface area contributed by atoms with Crippen molar-refractivity contribution in [3.8, 4) is 5.75 Å². The number of carbonyl (C=O) groups is 8. The molecule has 428 valence electrons. The van der Waals surface area contributed by atoms with Gasteiger partial charge >= 0.3 is 0 Å². The number of amides is 7. The predicted octanol–water partition coefficient (Wildman–Crippen LogP) is 1.95. The minimum atomic E-state index is -1.57. The standard InChI is InChI=1S/C58H80N10O11/c1-4-5-6-7-8-9-32-79-45-24-22-44(23-25-45)66-30-28-65(29-31-66)43-20-18-41(19-21-43)52(72)61-46-12-10-26-60-55(75)49-34-42(59)35-68(49)58(78)51(38(3)71)64-54(74)47(33-39-14-16-40(36-69)17-15-39)62-56(76)48-13-11-27-67(48)57(77)50(37(2)70)63-53(46)73/h14-25,36-38,42,46-51,70-71H,4-13,26-35,59H2,1-3H3,(H,60,75)(H,61,72)(H,62,76)(H,63,73)(H,64,74)/t37?,38?,42-,46-,47?,48?,49?,50?,51?/m0/s1. The smallest absolute Gasteiger partial charge is 0.251 e. The molecule has 3 aromatic rings. The fraction of sp³-hybridized carbons (Fsp3) is 0.552. The second-order valence-corrected chi connectivity index (χ2v) is 21.4. The fourth-order valence-electron chi connectivity index (χ4n) is 10.8. The monoisotopic (exact) mass is 1090 g/mol. The number of nitrogens with two attached hydrogens (primary N) is 1. The summed E-state index contributed by atoms with van der Waals surface area (Å²) in [6.07, 6.45) is 5.56. The highest BCUT2D eigenvalue weighted by atomic mass is 16.5. The number of aliphatic hydroxyl groups is 2. The highest BCUT2D eigenvalue weighted by Crippen LogP contribution is 2.26. The number of hydrogen-bond acceptors (Lipinski definition) is 14. The molecule has 9 atom stereocenters. The summed E-state index contributed by atoms with van der Waals surface area (Å²) in [7, 11) is 0.